The molecule has 1 aromatic carbocycles. The van der Waals surface area contributed by atoms with Crippen molar-refractivity contribution in [3.05, 3.63) is 46.5 Å². The SMILES string of the molecule is CCc1cc(N2CCN[C@H](C)C2)ccc1Nc1ncc(C(F)(F)F)c(-c2cc3c(s2)COCCS3(=O)=O)n1. The van der Waals surface area contributed by atoms with Crippen molar-refractivity contribution < 1.29 is 26.3 Å². The molecule has 0 amide bonds. The summed E-state index contributed by atoms with van der Waals surface area (Å²) in [4.78, 5) is 10.9. The van der Waals surface area contributed by atoms with Crippen molar-refractivity contribution in [1.29, 1.82) is 0 Å². The molecule has 0 aliphatic carbocycles. The number of hydrogen-bond acceptors (Lipinski definition) is 9. The fourth-order valence-electron chi connectivity index (χ4n) is 4.65. The van der Waals surface area contributed by atoms with Gasteiger partial charge in [-0.25, -0.2) is 18.4 Å². The summed E-state index contributed by atoms with van der Waals surface area (Å²) in [7, 11) is -3.66. The molecular weight excluding hydrogens is 539 g/mol. The Morgan fingerprint density at radius 2 is 2.11 bits per heavy atom. The van der Waals surface area contributed by atoms with Gasteiger partial charge in [0.1, 0.15) is 5.56 Å². The van der Waals surface area contributed by atoms with Crippen LogP contribution in [0.5, 0.6) is 0 Å². The summed E-state index contributed by atoms with van der Waals surface area (Å²) >= 11 is 0.942. The van der Waals surface area contributed by atoms with E-state index in [1.54, 1.807) is 0 Å². The van der Waals surface area contributed by atoms with Crippen LogP contribution in [0.1, 0.15) is 29.9 Å². The molecular formula is C25H28F3N5O3S2. The Balaban J connectivity index is 1.50. The second-order valence-corrected chi connectivity index (χ2v) is 12.6. The second kappa shape index (κ2) is 10.4. The van der Waals surface area contributed by atoms with Crippen molar-refractivity contribution in [2.45, 2.75) is 44.0 Å². The van der Waals surface area contributed by atoms with E-state index in [0.717, 1.165) is 48.4 Å². The molecule has 0 unspecified atom stereocenters. The molecule has 0 saturated carbocycles. The van der Waals surface area contributed by atoms with Crippen LogP contribution in [0.4, 0.5) is 30.5 Å². The third kappa shape index (κ3) is 5.51. The number of halogens is 3. The normalized spacial score (nSPS) is 19.6. The molecule has 1 atom stereocenters. The van der Waals surface area contributed by atoms with Crippen LogP contribution >= 0.6 is 11.3 Å². The van der Waals surface area contributed by atoms with Gasteiger partial charge in [-0.2, -0.15) is 13.2 Å². The lowest BCUT2D eigenvalue weighted by atomic mass is 10.1. The lowest BCUT2D eigenvalue weighted by Crippen LogP contribution is -2.49. The lowest BCUT2D eigenvalue weighted by Gasteiger charge is -2.34. The number of nitrogens with one attached hydrogen (secondary N) is 2. The van der Waals surface area contributed by atoms with Crippen LogP contribution in [0, 0.1) is 0 Å². The highest BCUT2D eigenvalue weighted by atomic mass is 32.2. The van der Waals surface area contributed by atoms with Gasteiger partial charge >= 0.3 is 6.18 Å². The number of ether oxygens (including phenoxy) is 1. The smallest absolute Gasteiger partial charge is 0.375 e. The molecule has 204 valence electrons. The van der Waals surface area contributed by atoms with E-state index >= 15 is 0 Å². The van der Waals surface area contributed by atoms with Gasteiger partial charge in [-0.3, -0.25) is 0 Å². The second-order valence-electron chi connectivity index (χ2n) is 9.34. The van der Waals surface area contributed by atoms with E-state index in [2.05, 4.69) is 38.5 Å². The van der Waals surface area contributed by atoms with Crippen LogP contribution in [-0.2, 0) is 33.8 Å². The average Bonchev–Trinajstić information content (AvgIpc) is 3.26. The monoisotopic (exact) mass is 567 g/mol. The molecule has 38 heavy (non-hydrogen) atoms. The number of anilines is 3. The number of sulfone groups is 1. The maximum absolute atomic E-state index is 13.9. The summed E-state index contributed by atoms with van der Waals surface area (Å²) < 4.78 is 72.3. The number of alkyl halides is 3. The Morgan fingerprint density at radius 3 is 2.84 bits per heavy atom. The number of aromatic nitrogens is 2. The molecule has 0 bridgehead atoms. The van der Waals surface area contributed by atoms with E-state index < -0.39 is 21.6 Å². The first-order valence-corrected chi connectivity index (χ1v) is 14.8. The molecule has 1 saturated heterocycles. The minimum absolute atomic E-state index is 0.00216. The number of aryl methyl sites for hydroxylation is 1. The summed E-state index contributed by atoms with van der Waals surface area (Å²) in [6, 6.07) is 7.59. The van der Waals surface area contributed by atoms with Crippen molar-refractivity contribution in [1.82, 2.24) is 15.3 Å². The van der Waals surface area contributed by atoms with E-state index in [1.165, 1.54) is 6.07 Å². The number of fused-ring (bicyclic) bond motifs is 1. The van der Waals surface area contributed by atoms with E-state index in [1.807, 2.05) is 19.1 Å². The van der Waals surface area contributed by atoms with Crippen LogP contribution < -0.4 is 15.5 Å². The number of benzene rings is 1. The summed E-state index contributed by atoms with van der Waals surface area (Å²) in [5, 5.41) is 6.50. The van der Waals surface area contributed by atoms with Gasteiger partial charge in [-0.05, 0) is 43.2 Å². The molecule has 8 nitrogen and oxygen atoms in total. The summed E-state index contributed by atoms with van der Waals surface area (Å²) in [5.74, 6) is -0.226. The van der Waals surface area contributed by atoms with E-state index in [0.29, 0.717) is 23.0 Å². The Kier molecular flexibility index (Phi) is 7.37. The maximum atomic E-state index is 13.9. The lowest BCUT2D eigenvalue weighted by molar-refractivity contribution is -0.137. The van der Waals surface area contributed by atoms with Crippen LogP contribution in [0.15, 0.2) is 35.4 Å². The highest BCUT2D eigenvalue weighted by Gasteiger charge is 2.37. The minimum atomic E-state index is -4.72. The minimum Gasteiger partial charge on any atom is -0.375 e. The molecule has 2 aliphatic rings. The van der Waals surface area contributed by atoms with Crippen LogP contribution in [0.2, 0.25) is 0 Å². The topological polar surface area (TPSA) is 96.5 Å². The summed E-state index contributed by atoms with van der Waals surface area (Å²) in [6.45, 7) is 6.87. The van der Waals surface area contributed by atoms with E-state index in [9.17, 15) is 21.6 Å². The Morgan fingerprint density at radius 1 is 1.29 bits per heavy atom. The van der Waals surface area contributed by atoms with Crippen LogP contribution in [0.3, 0.4) is 0 Å². The Bertz CT molecular complexity index is 1440. The van der Waals surface area contributed by atoms with Gasteiger partial charge in [0.25, 0.3) is 0 Å². The number of nitrogens with zero attached hydrogens (tertiary/aromatic N) is 3. The van der Waals surface area contributed by atoms with Gasteiger partial charge in [0, 0.05) is 48.1 Å². The van der Waals surface area contributed by atoms with Crippen LogP contribution in [-0.4, -0.2) is 56.4 Å². The molecule has 0 spiro atoms. The fraction of sp³-hybridized carbons (Fsp3) is 0.440. The van der Waals surface area contributed by atoms with Gasteiger partial charge < -0.3 is 20.3 Å². The zero-order valence-corrected chi connectivity index (χ0v) is 22.6. The first kappa shape index (κ1) is 26.9. The number of piperazine rings is 1. The molecule has 2 aromatic heterocycles. The van der Waals surface area contributed by atoms with Crippen molar-refractivity contribution in [3.8, 4) is 10.6 Å². The third-order valence-electron chi connectivity index (χ3n) is 6.61. The highest BCUT2D eigenvalue weighted by Crippen LogP contribution is 2.42. The largest absolute Gasteiger partial charge is 0.420 e. The van der Waals surface area contributed by atoms with Gasteiger partial charge in [0.2, 0.25) is 5.95 Å². The summed E-state index contributed by atoms with van der Waals surface area (Å²) in [6.07, 6.45) is -3.29. The zero-order chi connectivity index (χ0) is 27.1. The molecule has 2 aliphatic heterocycles. The van der Waals surface area contributed by atoms with Gasteiger partial charge in [-0.15, -0.1) is 11.3 Å². The average molecular weight is 568 g/mol. The molecule has 5 rings (SSSR count). The molecule has 13 heteroatoms. The maximum Gasteiger partial charge on any atom is 0.420 e. The number of thiophene rings is 1. The van der Waals surface area contributed by atoms with Gasteiger partial charge in [0.05, 0.1) is 34.4 Å². The van der Waals surface area contributed by atoms with Crippen molar-refractivity contribution in [2.75, 3.05) is 42.2 Å². The predicted octanol–water partition coefficient (Wildman–Crippen LogP) is 4.63. The molecule has 2 N–H and O–H groups in total. The highest BCUT2D eigenvalue weighted by molar-refractivity contribution is 7.91. The number of rotatable bonds is 5. The third-order valence-corrected chi connectivity index (χ3v) is 9.60. The Labute approximate surface area is 223 Å². The summed E-state index contributed by atoms with van der Waals surface area (Å²) in [5.41, 5.74) is 1.36. The van der Waals surface area contributed by atoms with Crippen LogP contribution in [0.25, 0.3) is 10.6 Å². The standard InChI is InChI=1S/C25H28F3N5O3S2/c1-3-16-10-17(33-7-6-29-15(2)13-33)4-5-19(16)31-24-30-12-18(25(26,27)28)23(32-24)20-11-22-21(37-20)14-36-8-9-38(22,34)35/h4-5,10-12,15,29H,3,6-9,13-14H2,1-2H3,(H,30,31,32)/t15-/m1/s1. The van der Waals surface area contributed by atoms with Crippen molar-refractivity contribution >= 4 is 38.5 Å². The van der Waals surface area contributed by atoms with Gasteiger partial charge in [0.15, 0.2) is 9.84 Å². The first-order valence-electron chi connectivity index (χ1n) is 12.3. The number of hydrogen-bond donors (Lipinski definition) is 2. The fourth-order valence-corrected chi connectivity index (χ4v) is 7.49. The van der Waals surface area contributed by atoms with E-state index in [4.69, 9.17) is 4.74 Å². The molecule has 1 fully saturated rings. The van der Waals surface area contributed by atoms with Crippen molar-refractivity contribution in [3.63, 3.8) is 0 Å². The molecule has 4 heterocycles. The van der Waals surface area contributed by atoms with Gasteiger partial charge in [-0.1, -0.05) is 6.92 Å². The quantitative estimate of drug-likeness (QED) is 0.461. The first-order chi connectivity index (χ1) is 18.0. The predicted molar refractivity (Wildman–Crippen MR) is 141 cm³/mol. The molecule has 0 radical (unpaired) electrons. The van der Waals surface area contributed by atoms with E-state index in [-0.39, 0.29) is 40.4 Å². The zero-order valence-electron chi connectivity index (χ0n) is 20.9. The molecule has 3 aromatic rings. The Hall–Kier alpha value is -2.74. The van der Waals surface area contributed by atoms with Crippen molar-refractivity contribution in [2.24, 2.45) is 0 Å².